The van der Waals surface area contributed by atoms with E-state index in [-0.39, 0.29) is 5.82 Å². The van der Waals surface area contributed by atoms with Crippen LogP contribution in [0.3, 0.4) is 0 Å². The first-order chi connectivity index (χ1) is 2.64. The van der Waals surface area contributed by atoms with Gasteiger partial charge < -0.3 is 10.7 Å². The smallest absolute Gasteiger partial charge is 0.376 e. The molecule has 0 heterocycles. The number of rotatable bonds is 1. The maximum Gasteiger partial charge on any atom is 0.376 e. The molecule has 0 bridgehead atoms. The zero-order valence-electron chi connectivity index (χ0n) is 4.18. The van der Waals surface area contributed by atoms with E-state index in [1.165, 1.54) is 0 Å². The van der Waals surface area contributed by atoms with Crippen LogP contribution in [-0.4, -0.2) is 12.1 Å². The number of hydrogen-bond donors (Lipinski definition) is 2. The van der Waals surface area contributed by atoms with Gasteiger partial charge in [0.25, 0.3) is 0 Å². The molecule has 36 valence electrons. The molecule has 0 saturated heterocycles. The van der Waals surface area contributed by atoms with Crippen LogP contribution in [0.4, 0.5) is 0 Å². The predicted octanol–water partition coefficient (Wildman–Crippen LogP) is -0.164. The highest BCUT2D eigenvalue weighted by atomic mass is 16.2. The Bertz CT molecular complexity index is 31.8. The van der Waals surface area contributed by atoms with Crippen LogP contribution in [0.2, 0.25) is 5.82 Å². The van der Waals surface area contributed by atoms with Gasteiger partial charge in [0.15, 0.2) is 0 Å². The quantitative estimate of drug-likeness (QED) is 0.436. The van der Waals surface area contributed by atoms with E-state index in [9.17, 15) is 0 Å². The van der Waals surface area contributed by atoms with E-state index in [1.54, 1.807) is 0 Å². The summed E-state index contributed by atoms with van der Waals surface area (Å²) in [4.78, 5) is 0. The fourth-order valence-corrected chi connectivity index (χ4v) is 0. The van der Waals surface area contributed by atoms with Crippen molar-refractivity contribution in [3.05, 3.63) is 0 Å². The number of hydrogen-bond acceptors (Lipinski definition) is 2. The Morgan fingerprint density at radius 1 is 1.67 bits per heavy atom. The summed E-state index contributed by atoms with van der Waals surface area (Å²) in [5.74, 6) is 0.185. The molecule has 0 atom stereocenters. The van der Waals surface area contributed by atoms with Crippen molar-refractivity contribution in [1.82, 2.24) is 0 Å². The summed E-state index contributed by atoms with van der Waals surface area (Å²) in [6, 6.07) is 0. The molecule has 0 aliphatic carbocycles. The molecule has 0 unspecified atom stereocenters. The zero-order chi connectivity index (χ0) is 5.15. The summed E-state index contributed by atoms with van der Waals surface area (Å²) >= 11 is 0. The van der Waals surface area contributed by atoms with Crippen molar-refractivity contribution < 1.29 is 5.02 Å². The molecule has 0 aromatic carbocycles. The van der Waals surface area contributed by atoms with Crippen LogP contribution in [-0.2, 0) is 0 Å². The van der Waals surface area contributed by atoms with E-state index in [0.29, 0.717) is 0 Å². The van der Waals surface area contributed by atoms with Crippen LogP contribution < -0.4 is 5.64 Å². The van der Waals surface area contributed by atoms with Gasteiger partial charge in [-0.3, -0.25) is 0 Å². The lowest BCUT2D eigenvalue weighted by atomic mass is 9.72. The molecule has 0 aliphatic rings. The van der Waals surface area contributed by atoms with Crippen LogP contribution >= 0.6 is 0 Å². The molecule has 0 aromatic rings. The molecule has 0 aliphatic heterocycles. The van der Waals surface area contributed by atoms with Crippen molar-refractivity contribution in [2.45, 2.75) is 19.7 Å². The van der Waals surface area contributed by atoms with Gasteiger partial charge in [0.1, 0.15) is 0 Å². The minimum absolute atomic E-state index is 0.185. The largest absolute Gasteiger partial charge is 0.437 e. The minimum atomic E-state index is -0.648. The fraction of sp³-hybridized carbons (Fsp3) is 1.00. The second-order valence-corrected chi connectivity index (χ2v) is 1.73. The van der Waals surface area contributed by atoms with E-state index >= 15 is 0 Å². The summed E-state index contributed by atoms with van der Waals surface area (Å²) in [7, 11) is -0.648. The SMILES string of the molecule is CC(C)B(N)O. The minimum Gasteiger partial charge on any atom is -0.437 e. The van der Waals surface area contributed by atoms with Gasteiger partial charge in [-0.1, -0.05) is 13.8 Å². The molecule has 0 spiro atoms. The van der Waals surface area contributed by atoms with Gasteiger partial charge in [0.2, 0.25) is 0 Å². The summed E-state index contributed by atoms with van der Waals surface area (Å²) < 4.78 is 0. The second-order valence-electron chi connectivity index (χ2n) is 1.73. The van der Waals surface area contributed by atoms with Crippen LogP contribution in [0.15, 0.2) is 0 Å². The van der Waals surface area contributed by atoms with Gasteiger partial charge in [-0.05, 0) is 5.82 Å². The van der Waals surface area contributed by atoms with E-state index in [4.69, 9.17) is 10.7 Å². The fourth-order valence-electron chi connectivity index (χ4n) is 0. The van der Waals surface area contributed by atoms with Gasteiger partial charge in [0.05, 0.1) is 0 Å². The molecule has 0 rings (SSSR count). The van der Waals surface area contributed by atoms with Gasteiger partial charge in [0, 0.05) is 0 Å². The molecule has 0 saturated carbocycles. The lowest BCUT2D eigenvalue weighted by Gasteiger charge is -1.98. The monoisotopic (exact) mass is 87.1 g/mol. The predicted molar refractivity (Wildman–Crippen MR) is 27.3 cm³/mol. The Morgan fingerprint density at radius 2 is 1.83 bits per heavy atom. The van der Waals surface area contributed by atoms with E-state index in [0.717, 1.165) is 0 Å². The topological polar surface area (TPSA) is 46.2 Å². The third-order valence-electron chi connectivity index (χ3n) is 0.683. The summed E-state index contributed by atoms with van der Waals surface area (Å²) in [6.07, 6.45) is 0. The van der Waals surface area contributed by atoms with Crippen molar-refractivity contribution in [2.75, 3.05) is 0 Å². The molecule has 6 heavy (non-hydrogen) atoms. The third kappa shape index (κ3) is 2.24. The highest BCUT2D eigenvalue weighted by Crippen LogP contribution is 1.96. The summed E-state index contributed by atoms with van der Waals surface area (Å²) in [5.41, 5.74) is 4.99. The Labute approximate surface area is 38.5 Å². The highest BCUT2D eigenvalue weighted by Gasteiger charge is 2.06. The maximum atomic E-state index is 8.41. The van der Waals surface area contributed by atoms with Crippen molar-refractivity contribution in [2.24, 2.45) is 5.64 Å². The molecule has 0 aromatic heterocycles. The van der Waals surface area contributed by atoms with Crippen molar-refractivity contribution in [3.8, 4) is 0 Å². The van der Waals surface area contributed by atoms with Crippen LogP contribution in [0.25, 0.3) is 0 Å². The highest BCUT2D eigenvalue weighted by molar-refractivity contribution is 6.47. The van der Waals surface area contributed by atoms with Gasteiger partial charge in [-0.15, -0.1) is 0 Å². The molecule has 0 radical (unpaired) electrons. The molecule has 2 nitrogen and oxygen atoms in total. The van der Waals surface area contributed by atoms with Crippen LogP contribution in [0, 0.1) is 0 Å². The van der Waals surface area contributed by atoms with Crippen LogP contribution in [0.1, 0.15) is 13.8 Å². The Kier molecular flexibility index (Phi) is 2.20. The average molecular weight is 86.9 g/mol. The first kappa shape index (κ1) is 5.98. The van der Waals surface area contributed by atoms with Crippen molar-refractivity contribution in [1.29, 1.82) is 0 Å². The maximum absolute atomic E-state index is 8.41. The Hall–Kier alpha value is -0.0151. The van der Waals surface area contributed by atoms with Crippen LogP contribution in [0.5, 0.6) is 0 Å². The first-order valence-corrected chi connectivity index (χ1v) is 2.08. The number of nitrogens with two attached hydrogens (primary N) is 1. The molecule has 0 fully saturated rings. The zero-order valence-corrected chi connectivity index (χ0v) is 4.18. The first-order valence-electron chi connectivity index (χ1n) is 2.08. The average Bonchev–Trinajstić information content (AvgIpc) is 1.36. The third-order valence-corrected chi connectivity index (χ3v) is 0.683. The summed E-state index contributed by atoms with van der Waals surface area (Å²) in [5, 5.41) is 8.41. The van der Waals surface area contributed by atoms with Gasteiger partial charge in [-0.25, -0.2) is 0 Å². The van der Waals surface area contributed by atoms with Crippen molar-refractivity contribution in [3.63, 3.8) is 0 Å². The molecule has 0 amide bonds. The molecule has 3 heteroatoms. The van der Waals surface area contributed by atoms with E-state index in [2.05, 4.69) is 0 Å². The Morgan fingerprint density at radius 3 is 1.83 bits per heavy atom. The molecule has 3 N–H and O–H groups in total. The lowest BCUT2D eigenvalue weighted by molar-refractivity contribution is 0.555. The normalized spacial score (nSPS) is 9.50. The van der Waals surface area contributed by atoms with Crippen molar-refractivity contribution >= 4 is 7.05 Å². The summed E-state index contributed by atoms with van der Waals surface area (Å²) in [6.45, 7) is 3.73. The van der Waals surface area contributed by atoms with Gasteiger partial charge >= 0.3 is 7.05 Å². The molecular weight excluding hydrogens is 76.9 g/mol. The second kappa shape index (κ2) is 2.21. The lowest BCUT2D eigenvalue weighted by Crippen LogP contribution is -2.28. The molecular formula is C3H10BNO. The standard InChI is InChI=1S/C3H10BNO/c1-3(2)4(5)6/h3,6H,5H2,1-2H3. The van der Waals surface area contributed by atoms with E-state index < -0.39 is 7.05 Å². The van der Waals surface area contributed by atoms with E-state index in [1.807, 2.05) is 13.8 Å². The Balaban J connectivity index is 2.99. The van der Waals surface area contributed by atoms with Gasteiger partial charge in [-0.2, -0.15) is 0 Å².